The molecule has 1 atom stereocenters. The molecule has 72 heavy (non-hydrogen) atoms. The van der Waals surface area contributed by atoms with Crippen molar-refractivity contribution < 1.29 is 28.6 Å². The number of carbonyl (C=O) groups is 3. The Morgan fingerprint density at radius 2 is 0.472 bits per heavy atom. The van der Waals surface area contributed by atoms with Crippen LogP contribution in [0.1, 0.15) is 348 Å². The maximum Gasteiger partial charge on any atom is 0.306 e. The van der Waals surface area contributed by atoms with Gasteiger partial charge in [0.15, 0.2) is 6.10 Å². The van der Waals surface area contributed by atoms with Gasteiger partial charge in [0, 0.05) is 19.3 Å². The number of hydrogen-bond donors (Lipinski definition) is 0. The van der Waals surface area contributed by atoms with Gasteiger partial charge < -0.3 is 14.2 Å². The van der Waals surface area contributed by atoms with Gasteiger partial charge in [-0.1, -0.05) is 276 Å². The van der Waals surface area contributed by atoms with Crippen molar-refractivity contribution in [3.8, 4) is 0 Å². The Morgan fingerprint density at radius 1 is 0.264 bits per heavy atom. The van der Waals surface area contributed by atoms with E-state index in [1.54, 1.807) is 0 Å². The molecule has 0 rings (SSSR count). The number of allylic oxidation sites excluding steroid dienone is 6. The van der Waals surface area contributed by atoms with Crippen molar-refractivity contribution in [3.63, 3.8) is 0 Å². The number of unbranched alkanes of at least 4 members (excludes halogenated alkanes) is 42. The van der Waals surface area contributed by atoms with Gasteiger partial charge >= 0.3 is 17.9 Å². The molecule has 0 spiro atoms. The van der Waals surface area contributed by atoms with Crippen molar-refractivity contribution >= 4 is 17.9 Å². The predicted octanol–water partition coefficient (Wildman–Crippen LogP) is 21.6. The van der Waals surface area contributed by atoms with Gasteiger partial charge in [0.05, 0.1) is 0 Å². The van der Waals surface area contributed by atoms with Gasteiger partial charge in [0.2, 0.25) is 0 Å². The Hall–Kier alpha value is -2.37. The van der Waals surface area contributed by atoms with Crippen molar-refractivity contribution in [3.05, 3.63) is 36.5 Å². The highest BCUT2D eigenvalue weighted by Crippen LogP contribution is 2.17. The second kappa shape index (κ2) is 61.2. The normalized spacial score (nSPS) is 12.2. The summed E-state index contributed by atoms with van der Waals surface area (Å²) < 4.78 is 16.9. The Morgan fingerprint density at radius 3 is 0.736 bits per heavy atom. The molecule has 0 bridgehead atoms. The van der Waals surface area contributed by atoms with Crippen LogP contribution in [0.4, 0.5) is 0 Å². The first-order valence-corrected chi connectivity index (χ1v) is 32.0. The van der Waals surface area contributed by atoms with Crippen LogP contribution >= 0.6 is 0 Å². The minimum absolute atomic E-state index is 0.0747. The zero-order valence-corrected chi connectivity index (χ0v) is 48.5. The lowest BCUT2D eigenvalue weighted by atomic mass is 10.0. The van der Waals surface area contributed by atoms with Gasteiger partial charge in [0.1, 0.15) is 13.2 Å². The molecule has 6 nitrogen and oxygen atoms in total. The van der Waals surface area contributed by atoms with E-state index in [1.807, 2.05) is 0 Å². The van der Waals surface area contributed by atoms with Gasteiger partial charge in [-0.3, -0.25) is 14.4 Å². The predicted molar refractivity (Wildman–Crippen MR) is 312 cm³/mol. The van der Waals surface area contributed by atoms with Crippen molar-refractivity contribution in [2.75, 3.05) is 13.2 Å². The highest BCUT2D eigenvalue weighted by atomic mass is 16.6. The monoisotopic (exact) mass is 1010 g/mol. The summed E-state index contributed by atoms with van der Waals surface area (Å²) in [5.74, 6) is -0.875. The average molecular weight is 1010 g/mol. The van der Waals surface area contributed by atoms with Crippen molar-refractivity contribution in [2.45, 2.75) is 354 Å². The average Bonchev–Trinajstić information content (AvgIpc) is 3.38. The van der Waals surface area contributed by atoms with E-state index in [1.165, 1.54) is 238 Å². The molecule has 6 heteroatoms. The van der Waals surface area contributed by atoms with E-state index in [-0.39, 0.29) is 31.1 Å². The molecule has 422 valence electrons. The molecule has 0 aromatic heterocycles. The molecule has 0 saturated heterocycles. The molecule has 0 saturated carbocycles. The molecule has 0 aliphatic heterocycles. The lowest BCUT2D eigenvalue weighted by Gasteiger charge is -2.18. The van der Waals surface area contributed by atoms with Crippen molar-refractivity contribution in [2.24, 2.45) is 0 Å². The zero-order chi connectivity index (χ0) is 52.2. The molecule has 0 N–H and O–H groups in total. The van der Waals surface area contributed by atoms with E-state index in [2.05, 4.69) is 57.2 Å². The van der Waals surface area contributed by atoms with Crippen LogP contribution in [-0.2, 0) is 28.6 Å². The first-order valence-electron chi connectivity index (χ1n) is 32.0. The maximum atomic E-state index is 12.8. The van der Waals surface area contributed by atoms with Crippen LogP contribution in [0.3, 0.4) is 0 Å². The topological polar surface area (TPSA) is 78.9 Å². The van der Waals surface area contributed by atoms with Gasteiger partial charge in [-0.15, -0.1) is 0 Å². The Kier molecular flexibility index (Phi) is 59.2. The minimum Gasteiger partial charge on any atom is -0.462 e. The summed E-state index contributed by atoms with van der Waals surface area (Å²) in [6.45, 7) is 6.62. The van der Waals surface area contributed by atoms with E-state index in [0.29, 0.717) is 19.3 Å². The first-order chi connectivity index (χ1) is 35.5. The third-order valence-corrected chi connectivity index (χ3v) is 14.3. The van der Waals surface area contributed by atoms with Crippen LogP contribution in [0.25, 0.3) is 0 Å². The summed E-state index contributed by atoms with van der Waals surface area (Å²) >= 11 is 0. The van der Waals surface area contributed by atoms with E-state index >= 15 is 0 Å². The molecule has 0 aromatic carbocycles. The number of hydrogen-bond acceptors (Lipinski definition) is 6. The van der Waals surface area contributed by atoms with Gasteiger partial charge in [0.25, 0.3) is 0 Å². The van der Waals surface area contributed by atoms with Crippen LogP contribution in [0, 0.1) is 0 Å². The maximum absolute atomic E-state index is 12.8. The third kappa shape index (κ3) is 58.5. The standard InChI is InChI=1S/C66H122O6/c1-4-7-10-13-16-19-22-24-26-27-28-29-30-31-32-33-34-35-36-37-38-39-40-42-44-47-50-53-56-59-65(68)71-62-63(61-70-64(67)58-55-52-49-46-43-21-18-15-12-9-6-3)72-66(69)60-57-54-51-48-45-41-25-23-20-17-14-11-8-5-2/h15,18,23,25,27-28,63H,4-14,16-17,19-22,24,26,29-62H2,1-3H3/b18-15-,25-23-,28-27-. The number of rotatable bonds is 59. The molecule has 0 amide bonds. The fourth-order valence-corrected chi connectivity index (χ4v) is 9.47. The SMILES string of the molecule is CCCC/C=C\CCCCCCCC(=O)OCC(COC(=O)CCCCCCCCCCCCCCCCCCC/C=C\CCCCCCCCCC)OC(=O)CCCCCCC/C=C\CCCCCCC. The second-order valence-electron chi connectivity index (χ2n) is 21.7. The van der Waals surface area contributed by atoms with Crippen LogP contribution in [0.2, 0.25) is 0 Å². The Balaban J connectivity index is 4.11. The summed E-state index contributed by atoms with van der Waals surface area (Å²) in [6, 6.07) is 0. The summed E-state index contributed by atoms with van der Waals surface area (Å²) in [7, 11) is 0. The number of esters is 3. The summed E-state index contributed by atoms with van der Waals surface area (Å²) in [5, 5.41) is 0. The van der Waals surface area contributed by atoms with Crippen molar-refractivity contribution in [1.82, 2.24) is 0 Å². The van der Waals surface area contributed by atoms with Crippen LogP contribution in [0.15, 0.2) is 36.5 Å². The van der Waals surface area contributed by atoms with Gasteiger partial charge in [-0.25, -0.2) is 0 Å². The molecular formula is C66H122O6. The number of ether oxygens (including phenoxy) is 3. The molecule has 0 aromatic rings. The summed E-state index contributed by atoms with van der Waals surface area (Å²) in [5.41, 5.74) is 0. The van der Waals surface area contributed by atoms with Gasteiger partial charge in [-0.05, 0) is 89.9 Å². The molecule has 0 radical (unpaired) electrons. The molecule has 0 heterocycles. The van der Waals surface area contributed by atoms with E-state index in [0.717, 1.165) is 70.6 Å². The Labute approximate surface area is 448 Å². The first kappa shape index (κ1) is 69.6. The summed E-state index contributed by atoms with van der Waals surface area (Å²) in [4.78, 5) is 38.1. The highest BCUT2D eigenvalue weighted by Gasteiger charge is 2.19. The smallest absolute Gasteiger partial charge is 0.306 e. The largest absolute Gasteiger partial charge is 0.462 e. The lowest BCUT2D eigenvalue weighted by molar-refractivity contribution is -0.167. The van der Waals surface area contributed by atoms with Crippen LogP contribution < -0.4 is 0 Å². The molecule has 1 unspecified atom stereocenters. The third-order valence-electron chi connectivity index (χ3n) is 14.3. The van der Waals surface area contributed by atoms with Crippen LogP contribution in [-0.4, -0.2) is 37.2 Å². The fourth-order valence-electron chi connectivity index (χ4n) is 9.47. The lowest BCUT2D eigenvalue weighted by Crippen LogP contribution is -2.30. The molecule has 0 fully saturated rings. The second-order valence-corrected chi connectivity index (χ2v) is 21.7. The zero-order valence-electron chi connectivity index (χ0n) is 48.5. The molecule has 0 aliphatic rings. The van der Waals surface area contributed by atoms with E-state index < -0.39 is 6.10 Å². The molecular weight excluding hydrogens is 889 g/mol. The minimum atomic E-state index is -0.777. The van der Waals surface area contributed by atoms with Crippen molar-refractivity contribution in [1.29, 1.82) is 0 Å². The quantitative estimate of drug-likeness (QED) is 0.0261. The summed E-state index contributed by atoms with van der Waals surface area (Å²) in [6.07, 6.45) is 74.6. The Bertz CT molecular complexity index is 1210. The van der Waals surface area contributed by atoms with E-state index in [4.69, 9.17) is 14.2 Å². The van der Waals surface area contributed by atoms with Gasteiger partial charge in [-0.2, -0.15) is 0 Å². The highest BCUT2D eigenvalue weighted by molar-refractivity contribution is 5.71. The van der Waals surface area contributed by atoms with Crippen LogP contribution in [0.5, 0.6) is 0 Å². The fraction of sp³-hybridized carbons (Fsp3) is 0.864. The molecule has 0 aliphatic carbocycles. The number of carbonyl (C=O) groups excluding carboxylic acids is 3. The van der Waals surface area contributed by atoms with E-state index in [9.17, 15) is 14.4 Å².